The van der Waals surface area contributed by atoms with Gasteiger partial charge in [-0.2, -0.15) is 0 Å². The number of rotatable bonds is 1. The van der Waals surface area contributed by atoms with Gasteiger partial charge in [0.25, 0.3) is 0 Å². The van der Waals surface area contributed by atoms with Gasteiger partial charge in [-0.1, -0.05) is 0 Å². The highest BCUT2D eigenvalue weighted by molar-refractivity contribution is 5.85. The summed E-state index contributed by atoms with van der Waals surface area (Å²) < 4.78 is 0. The van der Waals surface area contributed by atoms with Crippen LogP contribution < -0.4 is 5.73 Å². The predicted octanol–water partition coefficient (Wildman–Crippen LogP) is 2.00. The van der Waals surface area contributed by atoms with Gasteiger partial charge >= 0.3 is 0 Å². The molecule has 0 spiro atoms. The molecule has 0 aliphatic heterocycles. The van der Waals surface area contributed by atoms with E-state index in [0.717, 1.165) is 5.69 Å². The lowest BCUT2D eigenvalue weighted by atomic mass is 10.1. The maximum atomic E-state index is 5.49. The van der Waals surface area contributed by atoms with Crippen molar-refractivity contribution in [1.82, 2.24) is 4.98 Å². The van der Waals surface area contributed by atoms with Crippen molar-refractivity contribution in [3.05, 3.63) is 29.1 Å². The molecule has 1 rings (SSSR count). The molecule has 0 atom stereocenters. The van der Waals surface area contributed by atoms with E-state index in [9.17, 15) is 0 Å². The molecule has 1 heterocycles. The van der Waals surface area contributed by atoms with Gasteiger partial charge in [-0.05, 0) is 31.0 Å². The van der Waals surface area contributed by atoms with Crippen molar-refractivity contribution in [2.75, 3.05) is 0 Å². The monoisotopic (exact) mass is 208 g/mol. The molecule has 0 aromatic carbocycles. The molecule has 0 radical (unpaired) electrons. The number of nitrogens with two attached hydrogens (primary N) is 1. The van der Waals surface area contributed by atoms with Crippen molar-refractivity contribution in [2.24, 2.45) is 5.73 Å². The van der Waals surface area contributed by atoms with E-state index in [4.69, 9.17) is 5.73 Å². The lowest BCUT2D eigenvalue weighted by Gasteiger charge is -2.01. The Hall–Kier alpha value is -0.310. The summed E-state index contributed by atoms with van der Waals surface area (Å²) in [6.07, 6.45) is 1.86. The van der Waals surface area contributed by atoms with Crippen LogP contribution in [0, 0.1) is 13.8 Å². The van der Waals surface area contributed by atoms with E-state index in [0.29, 0.717) is 6.54 Å². The van der Waals surface area contributed by atoms with Crippen molar-refractivity contribution in [2.45, 2.75) is 20.4 Å². The molecule has 0 amide bonds. The molecule has 1 aromatic rings. The maximum Gasteiger partial charge on any atom is 0.0376 e. The zero-order chi connectivity index (χ0) is 7.56. The Bertz CT molecular complexity index is 238. The molecule has 2 nitrogen and oxygen atoms in total. The fraction of sp³-hybridized carbons (Fsp3) is 0.375. The molecule has 0 unspecified atom stereocenters. The van der Waals surface area contributed by atoms with Crippen LogP contribution in [0.3, 0.4) is 0 Å². The Kier molecular flexibility index (Phi) is 7.39. The Morgan fingerprint density at radius 2 is 1.92 bits per heavy atom. The zero-order valence-electron chi connectivity index (χ0n) is 7.20. The zero-order valence-corrected chi connectivity index (χ0v) is 8.84. The Balaban J connectivity index is 0. The van der Waals surface area contributed by atoms with Crippen LogP contribution in [0.4, 0.5) is 0 Å². The molecule has 12 heavy (non-hydrogen) atoms. The topological polar surface area (TPSA) is 38.9 Å². The van der Waals surface area contributed by atoms with Gasteiger partial charge in [-0.3, -0.25) is 4.98 Å². The van der Waals surface area contributed by atoms with Gasteiger partial charge in [0.2, 0.25) is 0 Å². The van der Waals surface area contributed by atoms with Crippen LogP contribution in [-0.4, -0.2) is 4.98 Å². The third-order valence-corrected chi connectivity index (χ3v) is 1.57. The average molecular weight is 209 g/mol. The smallest absolute Gasteiger partial charge is 0.0376 e. The third-order valence-electron chi connectivity index (χ3n) is 1.57. The Morgan fingerprint density at radius 1 is 1.33 bits per heavy atom. The number of hydrogen-bond acceptors (Lipinski definition) is 2. The van der Waals surface area contributed by atoms with Gasteiger partial charge in [0.1, 0.15) is 0 Å². The predicted molar refractivity (Wildman–Crippen MR) is 56.1 cm³/mol. The van der Waals surface area contributed by atoms with E-state index >= 15 is 0 Å². The molecular formula is C8H14Cl2N2. The van der Waals surface area contributed by atoms with E-state index < -0.39 is 0 Å². The van der Waals surface area contributed by atoms with Gasteiger partial charge < -0.3 is 5.73 Å². The fourth-order valence-corrected chi connectivity index (χ4v) is 0.905. The first-order valence-electron chi connectivity index (χ1n) is 3.36. The third kappa shape index (κ3) is 3.39. The quantitative estimate of drug-likeness (QED) is 0.768. The number of nitrogens with zero attached hydrogens (tertiary/aromatic N) is 1. The van der Waals surface area contributed by atoms with Crippen molar-refractivity contribution in [1.29, 1.82) is 0 Å². The summed E-state index contributed by atoms with van der Waals surface area (Å²) in [5.74, 6) is 0. The molecule has 0 bridgehead atoms. The first-order chi connectivity index (χ1) is 4.74. The number of aromatic nitrogens is 1. The van der Waals surface area contributed by atoms with Crippen LogP contribution in [0.5, 0.6) is 0 Å². The second-order valence-corrected chi connectivity index (χ2v) is 2.46. The summed E-state index contributed by atoms with van der Waals surface area (Å²) >= 11 is 0. The van der Waals surface area contributed by atoms with Crippen LogP contribution in [-0.2, 0) is 6.54 Å². The Morgan fingerprint density at radius 3 is 2.33 bits per heavy atom. The van der Waals surface area contributed by atoms with Crippen LogP contribution in [0.15, 0.2) is 12.3 Å². The molecular weight excluding hydrogens is 195 g/mol. The standard InChI is InChI=1S/C8H12N2.2ClH/c1-6-5-10-7(2)3-8(6)4-9;;/h3,5H,4,9H2,1-2H3;2*1H. The van der Waals surface area contributed by atoms with E-state index in [-0.39, 0.29) is 24.8 Å². The van der Waals surface area contributed by atoms with Gasteiger partial charge in [0.15, 0.2) is 0 Å². The van der Waals surface area contributed by atoms with Crippen molar-refractivity contribution >= 4 is 24.8 Å². The fourth-order valence-electron chi connectivity index (χ4n) is 0.905. The van der Waals surface area contributed by atoms with Gasteiger partial charge in [0, 0.05) is 18.4 Å². The summed E-state index contributed by atoms with van der Waals surface area (Å²) in [6, 6.07) is 2.02. The summed E-state index contributed by atoms with van der Waals surface area (Å²) in [6.45, 7) is 4.60. The molecule has 0 saturated carbocycles. The summed E-state index contributed by atoms with van der Waals surface area (Å²) in [5, 5.41) is 0. The highest BCUT2D eigenvalue weighted by atomic mass is 35.5. The lowest BCUT2D eigenvalue weighted by molar-refractivity contribution is 1.02. The largest absolute Gasteiger partial charge is 0.326 e. The van der Waals surface area contributed by atoms with Gasteiger partial charge in [-0.25, -0.2) is 0 Å². The second kappa shape index (κ2) is 6.23. The number of halogens is 2. The molecule has 0 saturated heterocycles. The number of pyridine rings is 1. The minimum absolute atomic E-state index is 0. The highest BCUT2D eigenvalue weighted by Crippen LogP contribution is 2.05. The average Bonchev–Trinajstić information content (AvgIpc) is 1.94. The van der Waals surface area contributed by atoms with E-state index in [2.05, 4.69) is 4.98 Å². The number of hydrogen-bond donors (Lipinski definition) is 1. The molecule has 0 fully saturated rings. The minimum atomic E-state index is 0. The van der Waals surface area contributed by atoms with Gasteiger partial charge in [0.05, 0.1) is 0 Å². The van der Waals surface area contributed by atoms with Crippen LogP contribution in [0.1, 0.15) is 16.8 Å². The lowest BCUT2D eigenvalue weighted by Crippen LogP contribution is -2.00. The number of aryl methyl sites for hydroxylation is 2. The molecule has 1 aromatic heterocycles. The highest BCUT2D eigenvalue weighted by Gasteiger charge is 1.94. The maximum absolute atomic E-state index is 5.49. The summed E-state index contributed by atoms with van der Waals surface area (Å²) in [7, 11) is 0. The first-order valence-corrected chi connectivity index (χ1v) is 3.36. The normalized spacial score (nSPS) is 8.25. The van der Waals surface area contributed by atoms with Crippen molar-refractivity contribution in [3.8, 4) is 0 Å². The SMILES string of the molecule is Cc1cc(CN)c(C)cn1.Cl.Cl. The van der Waals surface area contributed by atoms with E-state index in [1.54, 1.807) is 0 Å². The molecule has 4 heteroatoms. The van der Waals surface area contributed by atoms with Gasteiger partial charge in [-0.15, -0.1) is 24.8 Å². The van der Waals surface area contributed by atoms with Crippen molar-refractivity contribution in [3.63, 3.8) is 0 Å². The second-order valence-electron chi connectivity index (χ2n) is 2.46. The minimum Gasteiger partial charge on any atom is -0.326 e. The van der Waals surface area contributed by atoms with Crippen molar-refractivity contribution < 1.29 is 0 Å². The van der Waals surface area contributed by atoms with E-state index in [1.165, 1.54) is 11.1 Å². The van der Waals surface area contributed by atoms with Crippen LogP contribution in [0.25, 0.3) is 0 Å². The molecule has 0 aliphatic carbocycles. The molecule has 0 aliphatic rings. The van der Waals surface area contributed by atoms with E-state index in [1.807, 2.05) is 26.1 Å². The summed E-state index contributed by atoms with van der Waals surface area (Å²) in [4.78, 5) is 4.13. The summed E-state index contributed by atoms with van der Waals surface area (Å²) in [5.41, 5.74) is 8.89. The first kappa shape index (κ1) is 14.2. The van der Waals surface area contributed by atoms with Crippen LogP contribution >= 0.6 is 24.8 Å². The molecule has 70 valence electrons. The Labute approximate surface area is 85.4 Å². The van der Waals surface area contributed by atoms with Crippen LogP contribution in [0.2, 0.25) is 0 Å². The molecule has 2 N–H and O–H groups in total.